The summed E-state index contributed by atoms with van der Waals surface area (Å²) in [5.41, 5.74) is 0.311. The van der Waals surface area contributed by atoms with Gasteiger partial charge in [0.25, 0.3) is 6.43 Å². The second-order valence-electron chi connectivity index (χ2n) is 2.80. The first kappa shape index (κ1) is 10.9. The van der Waals surface area contributed by atoms with Gasteiger partial charge >= 0.3 is 0 Å². The fourth-order valence-electron chi connectivity index (χ4n) is 1.36. The monoisotopic (exact) mass is 202 g/mol. The van der Waals surface area contributed by atoms with Crippen molar-refractivity contribution in [2.24, 2.45) is 0 Å². The predicted molar refractivity (Wildman–Crippen MR) is 48.7 cm³/mol. The van der Waals surface area contributed by atoms with Gasteiger partial charge in [-0.25, -0.2) is 8.78 Å². The van der Waals surface area contributed by atoms with Gasteiger partial charge in [-0.3, -0.25) is 0 Å². The highest BCUT2D eigenvalue weighted by molar-refractivity contribution is 5.41. The summed E-state index contributed by atoms with van der Waals surface area (Å²) in [5.74, 6) is 0.400. The number of halogens is 2. The first-order valence-electron chi connectivity index (χ1n) is 4.25. The van der Waals surface area contributed by atoms with Crippen LogP contribution in [0.2, 0.25) is 0 Å². The minimum atomic E-state index is -2.54. The minimum absolute atomic E-state index is 0.0709. The third-order valence-corrected chi connectivity index (χ3v) is 1.99. The lowest BCUT2D eigenvalue weighted by atomic mass is 10.0. The standard InChI is InChI=1S/C10H12F2O2/c1-14-9-4-2-3-8(10(11)12)7(9)5-6-13/h2-4,10,13H,5-6H2,1H3. The summed E-state index contributed by atoms with van der Waals surface area (Å²) in [4.78, 5) is 0. The Morgan fingerprint density at radius 1 is 1.43 bits per heavy atom. The highest BCUT2D eigenvalue weighted by Gasteiger charge is 2.15. The molecule has 0 amide bonds. The van der Waals surface area contributed by atoms with Crippen LogP contribution in [0.1, 0.15) is 17.6 Å². The lowest BCUT2D eigenvalue weighted by molar-refractivity contribution is 0.149. The van der Waals surface area contributed by atoms with Gasteiger partial charge < -0.3 is 9.84 Å². The number of hydrogen-bond acceptors (Lipinski definition) is 2. The third-order valence-electron chi connectivity index (χ3n) is 1.99. The number of hydrogen-bond donors (Lipinski definition) is 1. The molecule has 78 valence electrons. The van der Waals surface area contributed by atoms with E-state index >= 15 is 0 Å². The molecule has 0 aliphatic rings. The van der Waals surface area contributed by atoms with E-state index in [0.717, 1.165) is 0 Å². The van der Waals surface area contributed by atoms with Crippen LogP contribution < -0.4 is 4.74 Å². The molecule has 0 atom stereocenters. The molecule has 1 aromatic rings. The van der Waals surface area contributed by atoms with E-state index in [1.807, 2.05) is 0 Å². The van der Waals surface area contributed by atoms with Crippen molar-refractivity contribution in [3.8, 4) is 5.75 Å². The van der Waals surface area contributed by atoms with Crippen molar-refractivity contribution in [1.82, 2.24) is 0 Å². The largest absolute Gasteiger partial charge is 0.496 e. The van der Waals surface area contributed by atoms with Crippen molar-refractivity contribution in [3.05, 3.63) is 29.3 Å². The van der Waals surface area contributed by atoms with Crippen molar-refractivity contribution < 1.29 is 18.6 Å². The SMILES string of the molecule is COc1cccc(C(F)F)c1CCO. The van der Waals surface area contributed by atoms with Crippen molar-refractivity contribution in [1.29, 1.82) is 0 Å². The molecule has 1 rings (SSSR count). The molecular formula is C10H12F2O2. The maximum Gasteiger partial charge on any atom is 0.264 e. The van der Waals surface area contributed by atoms with E-state index in [1.165, 1.54) is 19.2 Å². The average molecular weight is 202 g/mol. The van der Waals surface area contributed by atoms with Gasteiger partial charge in [0.2, 0.25) is 0 Å². The Hall–Kier alpha value is -1.16. The van der Waals surface area contributed by atoms with E-state index in [4.69, 9.17) is 9.84 Å². The van der Waals surface area contributed by atoms with Gasteiger partial charge in [-0.1, -0.05) is 12.1 Å². The first-order chi connectivity index (χ1) is 6.70. The number of aliphatic hydroxyl groups is 1. The Kier molecular flexibility index (Phi) is 3.83. The zero-order valence-electron chi connectivity index (χ0n) is 7.84. The fraction of sp³-hybridized carbons (Fsp3) is 0.400. The molecule has 0 saturated heterocycles. The molecule has 1 aromatic carbocycles. The Morgan fingerprint density at radius 3 is 2.64 bits per heavy atom. The molecule has 0 bridgehead atoms. The molecule has 0 aliphatic heterocycles. The second kappa shape index (κ2) is 4.91. The van der Waals surface area contributed by atoms with Gasteiger partial charge in [0.1, 0.15) is 5.75 Å². The lowest BCUT2D eigenvalue weighted by Crippen LogP contribution is -2.01. The fourth-order valence-corrected chi connectivity index (χ4v) is 1.36. The van der Waals surface area contributed by atoms with Crippen LogP contribution in [0.4, 0.5) is 8.78 Å². The molecule has 14 heavy (non-hydrogen) atoms. The van der Waals surface area contributed by atoms with Crippen LogP contribution in [0.3, 0.4) is 0 Å². The summed E-state index contributed by atoms with van der Waals surface area (Å²) >= 11 is 0. The molecule has 0 aromatic heterocycles. The number of alkyl halides is 2. The van der Waals surface area contributed by atoms with Crippen LogP contribution in [0.15, 0.2) is 18.2 Å². The van der Waals surface area contributed by atoms with E-state index in [1.54, 1.807) is 6.07 Å². The van der Waals surface area contributed by atoms with Crippen molar-refractivity contribution >= 4 is 0 Å². The zero-order valence-corrected chi connectivity index (χ0v) is 7.84. The molecule has 0 heterocycles. The van der Waals surface area contributed by atoms with Crippen LogP contribution in [-0.4, -0.2) is 18.8 Å². The van der Waals surface area contributed by atoms with Crippen molar-refractivity contribution in [3.63, 3.8) is 0 Å². The van der Waals surface area contributed by atoms with Crippen molar-refractivity contribution in [2.75, 3.05) is 13.7 Å². The van der Waals surface area contributed by atoms with Crippen LogP contribution in [0.5, 0.6) is 5.75 Å². The van der Waals surface area contributed by atoms with Gasteiger partial charge in [0, 0.05) is 17.7 Å². The van der Waals surface area contributed by atoms with Gasteiger partial charge in [0.05, 0.1) is 7.11 Å². The molecule has 0 saturated carbocycles. The molecule has 0 unspecified atom stereocenters. The van der Waals surface area contributed by atoms with E-state index in [0.29, 0.717) is 11.3 Å². The Labute approximate surface area is 81.1 Å². The molecule has 1 N–H and O–H groups in total. The van der Waals surface area contributed by atoms with Crippen molar-refractivity contribution in [2.45, 2.75) is 12.8 Å². The Balaban J connectivity index is 3.13. The first-order valence-corrected chi connectivity index (χ1v) is 4.25. The quantitative estimate of drug-likeness (QED) is 0.810. The Morgan fingerprint density at radius 2 is 2.14 bits per heavy atom. The Bertz CT molecular complexity index is 300. The summed E-state index contributed by atoms with van der Waals surface area (Å²) < 4.78 is 30.0. The lowest BCUT2D eigenvalue weighted by Gasteiger charge is -2.12. The number of methoxy groups -OCH3 is 1. The molecule has 0 radical (unpaired) electrons. The van der Waals surface area contributed by atoms with E-state index in [2.05, 4.69) is 0 Å². The van der Waals surface area contributed by atoms with Gasteiger partial charge in [-0.05, 0) is 12.5 Å². The minimum Gasteiger partial charge on any atom is -0.496 e. The topological polar surface area (TPSA) is 29.5 Å². The molecule has 0 fully saturated rings. The van der Waals surface area contributed by atoms with E-state index < -0.39 is 6.43 Å². The molecular weight excluding hydrogens is 190 g/mol. The number of rotatable bonds is 4. The average Bonchev–Trinajstić information content (AvgIpc) is 2.18. The molecule has 0 aliphatic carbocycles. The highest BCUT2D eigenvalue weighted by Crippen LogP contribution is 2.29. The van der Waals surface area contributed by atoms with Gasteiger partial charge in [-0.15, -0.1) is 0 Å². The smallest absolute Gasteiger partial charge is 0.264 e. The van der Waals surface area contributed by atoms with Crippen LogP contribution in [0.25, 0.3) is 0 Å². The number of ether oxygens (including phenoxy) is 1. The second-order valence-corrected chi connectivity index (χ2v) is 2.80. The molecule has 4 heteroatoms. The van der Waals surface area contributed by atoms with E-state index in [-0.39, 0.29) is 18.6 Å². The maximum atomic E-state index is 12.5. The number of benzene rings is 1. The van der Waals surface area contributed by atoms with Crippen LogP contribution >= 0.6 is 0 Å². The normalized spacial score (nSPS) is 10.6. The predicted octanol–water partition coefficient (Wildman–Crippen LogP) is 2.17. The van der Waals surface area contributed by atoms with Crippen LogP contribution in [-0.2, 0) is 6.42 Å². The third kappa shape index (κ3) is 2.20. The number of aliphatic hydroxyl groups excluding tert-OH is 1. The molecule has 0 spiro atoms. The summed E-state index contributed by atoms with van der Waals surface area (Å²) in [6, 6.07) is 4.47. The summed E-state index contributed by atoms with van der Waals surface area (Å²) in [6.07, 6.45) is -2.35. The van der Waals surface area contributed by atoms with E-state index in [9.17, 15) is 8.78 Å². The highest BCUT2D eigenvalue weighted by atomic mass is 19.3. The van der Waals surface area contributed by atoms with Crippen LogP contribution in [0, 0.1) is 0 Å². The van der Waals surface area contributed by atoms with Gasteiger partial charge in [-0.2, -0.15) is 0 Å². The summed E-state index contributed by atoms with van der Waals surface area (Å²) in [6.45, 7) is -0.167. The molecule has 2 nitrogen and oxygen atoms in total. The summed E-state index contributed by atoms with van der Waals surface area (Å²) in [7, 11) is 1.42. The summed E-state index contributed by atoms with van der Waals surface area (Å²) in [5, 5.41) is 8.75. The maximum absolute atomic E-state index is 12.5. The zero-order chi connectivity index (χ0) is 10.6. The van der Waals surface area contributed by atoms with Gasteiger partial charge in [0.15, 0.2) is 0 Å².